The molecule has 1 aliphatic rings. The zero-order chi connectivity index (χ0) is 14.5. The maximum atomic E-state index is 12.4. The first-order valence-corrected chi connectivity index (χ1v) is 7.96. The third kappa shape index (κ3) is 4.22. The molecule has 2 heterocycles. The lowest BCUT2D eigenvalue weighted by molar-refractivity contribution is 0.0735. The number of hydrogen-bond donors (Lipinski definition) is 1. The van der Waals surface area contributed by atoms with E-state index in [4.69, 9.17) is 4.74 Å². The van der Waals surface area contributed by atoms with Crippen molar-refractivity contribution in [2.24, 2.45) is 0 Å². The van der Waals surface area contributed by atoms with E-state index in [1.54, 1.807) is 11.3 Å². The highest BCUT2D eigenvalue weighted by Gasteiger charge is 2.18. The molecule has 1 fully saturated rings. The van der Waals surface area contributed by atoms with Gasteiger partial charge < -0.3 is 15.0 Å². The minimum Gasteiger partial charge on any atom is -0.488 e. The van der Waals surface area contributed by atoms with Gasteiger partial charge in [-0.15, -0.1) is 23.7 Å². The summed E-state index contributed by atoms with van der Waals surface area (Å²) in [6.07, 6.45) is 0. The zero-order valence-corrected chi connectivity index (χ0v) is 13.8. The number of hydrogen-bond acceptors (Lipinski definition) is 4. The highest BCUT2D eigenvalue weighted by molar-refractivity contribution is 7.09. The summed E-state index contributed by atoms with van der Waals surface area (Å²) < 4.78 is 5.76. The maximum absolute atomic E-state index is 12.4. The number of amides is 1. The minimum atomic E-state index is 0. The quantitative estimate of drug-likeness (QED) is 0.932. The average Bonchev–Trinajstić information content (AvgIpc) is 3.07. The van der Waals surface area contributed by atoms with Gasteiger partial charge in [0, 0.05) is 36.6 Å². The Morgan fingerprint density at radius 2 is 2.05 bits per heavy atom. The monoisotopic (exact) mass is 338 g/mol. The fourth-order valence-electron chi connectivity index (χ4n) is 2.32. The Labute approximate surface area is 140 Å². The molecule has 6 heteroatoms. The Kier molecular flexibility index (Phi) is 6.24. The predicted octanol–water partition coefficient (Wildman–Crippen LogP) is 2.79. The van der Waals surface area contributed by atoms with Gasteiger partial charge >= 0.3 is 0 Å². The molecule has 2 aromatic rings. The number of carbonyl (C=O) groups excluding carboxylic acids is 1. The van der Waals surface area contributed by atoms with Crippen molar-refractivity contribution in [1.29, 1.82) is 0 Å². The van der Waals surface area contributed by atoms with Crippen LogP contribution in [-0.2, 0) is 6.61 Å². The molecule has 0 bridgehead atoms. The summed E-state index contributed by atoms with van der Waals surface area (Å²) in [5, 5.41) is 5.28. The topological polar surface area (TPSA) is 41.6 Å². The molecule has 1 aromatic heterocycles. The van der Waals surface area contributed by atoms with Crippen LogP contribution in [0.1, 0.15) is 15.2 Å². The fourth-order valence-corrected chi connectivity index (χ4v) is 2.93. The number of ether oxygens (including phenoxy) is 1. The van der Waals surface area contributed by atoms with Crippen molar-refractivity contribution in [2.75, 3.05) is 26.2 Å². The van der Waals surface area contributed by atoms with E-state index in [2.05, 4.69) is 5.32 Å². The number of thiophene rings is 1. The number of piperazine rings is 1. The summed E-state index contributed by atoms with van der Waals surface area (Å²) in [6, 6.07) is 11.5. The summed E-state index contributed by atoms with van der Waals surface area (Å²) >= 11 is 1.67. The first-order valence-electron chi connectivity index (χ1n) is 7.08. The Hall–Kier alpha value is -1.56. The molecule has 22 heavy (non-hydrogen) atoms. The number of nitrogens with zero attached hydrogens (tertiary/aromatic N) is 1. The van der Waals surface area contributed by atoms with Crippen molar-refractivity contribution in [2.45, 2.75) is 6.61 Å². The number of benzene rings is 1. The number of halogens is 1. The van der Waals surface area contributed by atoms with Crippen molar-refractivity contribution in [3.05, 3.63) is 52.2 Å². The lowest BCUT2D eigenvalue weighted by atomic mass is 10.1. The average molecular weight is 339 g/mol. The molecule has 0 spiro atoms. The second-order valence-electron chi connectivity index (χ2n) is 4.94. The number of carbonyl (C=O) groups is 1. The van der Waals surface area contributed by atoms with Crippen LogP contribution in [-0.4, -0.2) is 37.0 Å². The van der Waals surface area contributed by atoms with Gasteiger partial charge in [-0.25, -0.2) is 0 Å². The maximum Gasteiger partial charge on any atom is 0.254 e. The molecule has 1 amide bonds. The molecule has 4 nitrogen and oxygen atoms in total. The van der Waals surface area contributed by atoms with E-state index in [-0.39, 0.29) is 18.3 Å². The normalized spacial score (nSPS) is 14.3. The molecule has 0 unspecified atom stereocenters. The summed E-state index contributed by atoms with van der Waals surface area (Å²) in [7, 11) is 0. The fraction of sp³-hybridized carbons (Fsp3) is 0.312. The van der Waals surface area contributed by atoms with Crippen molar-refractivity contribution in [1.82, 2.24) is 10.2 Å². The van der Waals surface area contributed by atoms with Gasteiger partial charge in [-0.05, 0) is 29.6 Å². The van der Waals surface area contributed by atoms with Gasteiger partial charge in [-0.2, -0.15) is 0 Å². The second-order valence-corrected chi connectivity index (χ2v) is 5.97. The van der Waals surface area contributed by atoms with Gasteiger partial charge in [0.15, 0.2) is 0 Å². The largest absolute Gasteiger partial charge is 0.488 e. The molecule has 1 N–H and O–H groups in total. The number of nitrogens with one attached hydrogen (secondary N) is 1. The van der Waals surface area contributed by atoms with Gasteiger partial charge in [0.2, 0.25) is 0 Å². The summed E-state index contributed by atoms with van der Waals surface area (Å²) in [4.78, 5) is 15.5. The highest BCUT2D eigenvalue weighted by atomic mass is 35.5. The third-order valence-corrected chi connectivity index (χ3v) is 4.30. The Balaban J connectivity index is 0.00000176. The van der Waals surface area contributed by atoms with Crippen molar-refractivity contribution >= 4 is 29.7 Å². The molecule has 0 saturated carbocycles. The van der Waals surface area contributed by atoms with E-state index < -0.39 is 0 Å². The molecule has 1 aromatic carbocycles. The molecule has 118 valence electrons. The molecular formula is C16H19ClN2O2S. The van der Waals surface area contributed by atoms with Gasteiger partial charge in [0.25, 0.3) is 5.91 Å². The standard InChI is InChI=1S/C16H18N2O2S.ClH/c19-16(18-8-6-17-7-9-18)13-3-1-4-14(11-13)20-12-15-5-2-10-21-15;/h1-5,10-11,17H,6-9,12H2;1H. The van der Waals surface area contributed by atoms with E-state index >= 15 is 0 Å². The molecule has 1 aliphatic heterocycles. The first-order chi connectivity index (χ1) is 10.3. The Morgan fingerprint density at radius 1 is 1.23 bits per heavy atom. The number of rotatable bonds is 4. The van der Waals surface area contributed by atoms with Crippen LogP contribution in [0, 0.1) is 0 Å². The lowest BCUT2D eigenvalue weighted by Gasteiger charge is -2.27. The molecule has 0 aliphatic carbocycles. The van der Waals surface area contributed by atoms with Crippen LogP contribution in [0.5, 0.6) is 5.75 Å². The van der Waals surface area contributed by atoms with Gasteiger partial charge in [0.05, 0.1) is 0 Å². The first kappa shape index (κ1) is 16.8. The van der Waals surface area contributed by atoms with Crippen molar-refractivity contribution < 1.29 is 9.53 Å². The van der Waals surface area contributed by atoms with Crippen LogP contribution in [0.25, 0.3) is 0 Å². The zero-order valence-electron chi connectivity index (χ0n) is 12.2. The van der Waals surface area contributed by atoms with Crippen LogP contribution in [0.4, 0.5) is 0 Å². The molecule has 3 rings (SSSR count). The van der Waals surface area contributed by atoms with Crippen LogP contribution < -0.4 is 10.1 Å². The van der Waals surface area contributed by atoms with E-state index in [0.717, 1.165) is 31.9 Å². The smallest absolute Gasteiger partial charge is 0.254 e. The molecule has 0 atom stereocenters. The van der Waals surface area contributed by atoms with Crippen molar-refractivity contribution in [3.8, 4) is 5.75 Å². The minimum absolute atomic E-state index is 0. The Morgan fingerprint density at radius 3 is 2.77 bits per heavy atom. The van der Waals surface area contributed by atoms with E-state index in [1.807, 2.05) is 46.7 Å². The SMILES string of the molecule is Cl.O=C(c1cccc(OCc2cccs2)c1)N1CCNCC1. The van der Waals surface area contributed by atoms with Gasteiger partial charge in [-0.3, -0.25) is 4.79 Å². The highest BCUT2D eigenvalue weighted by Crippen LogP contribution is 2.18. The van der Waals surface area contributed by atoms with Crippen LogP contribution >= 0.6 is 23.7 Å². The summed E-state index contributed by atoms with van der Waals surface area (Å²) in [5.74, 6) is 0.822. The van der Waals surface area contributed by atoms with Crippen LogP contribution in [0.3, 0.4) is 0 Å². The van der Waals surface area contributed by atoms with E-state index in [9.17, 15) is 4.79 Å². The third-order valence-electron chi connectivity index (χ3n) is 3.45. The summed E-state index contributed by atoms with van der Waals surface area (Å²) in [5.41, 5.74) is 0.695. The van der Waals surface area contributed by atoms with E-state index in [1.165, 1.54) is 4.88 Å². The molecule has 1 saturated heterocycles. The van der Waals surface area contributed by atoms with E-state index in [0.29, 0.717) is 12.2 Å². The summed E-state index contributed by atoms with van der Waals surface area (Å²) in [6.45, 7) is 3.79. The predicted molar refractivity (Wildman–Crippen MR) is 91.1 cm³/mol. The van der Waals surface area contributed by atoms with Crippen molar-refractivity contribution in [3.63, 3.8) is 0 Å². The molecule has 0 radical (unpaired) electrons. The van der Waals surface area contributed by atoms with Gasteiger partial charge in [0.1, 0.15) is 12.4 Å². The Bertz CT molecular complexity index is 598. The van der Waals surface area contributed by atoms with Crippen LogP contribution in [0.2, 0.25) is 0 Å². The lowest BCUT2D eigenvalue weighted by Crippen LogP contribution is -2.46. The van der Waals surface area contributed by atoms with Gasteiger partial charge in [-0.1, -0.05) is 12.1 Å². The second kappa shape index (κ2) is 8.17. The van der Waals surface area contributed by atoms with Crippen LogP contribution in [0.15, 0.2) is 41.8 Å². The molecular weight excluding hydrogens is 320 g/mol.